The SMILES string of the molecule is CCOC(=O)C1=C(C)N=c2s/c(=C\c3cc(I)cc(I)c3OC)c(=O)n2[C@@H]1c1cccs1. The fourth-order valence-electron chi connectivity index (χ4n) is 3.55. The Labute approximate surface area is 219 Å². The van der Waals surface area contributed by atoms with E-state index in [4.69, 9.17) is 9.47 Å². The molecule has 0 unspecified atom stereocenters. The van der Waals surface area contributed by atoms with E-state index >= 15 is 0 Å². The van der Waals surface area contributed by atoms with Crippen LogP contribution in [0, 0.1) is 7.14 Å². The van der Waals surface area contributed by atoms with Crippen molar-refractivity contribution in [2.45, 2.75) is 19.9 Å². The normalized spacial score (nSPS) is 16.0. The van der Waals surface area contributed by atoms with Gasteiger partial charge in [-0.3, -0.25) is 9.36 Å². The molecule has 1 aliphatic rings. The first-order valence-corrected chi connectivity index (χ1v) is 13.5. The average Bonchev–Trinajstić information content (AvgIpc) is 3.36. The van der Waals surface area contributed by atoms with E-state index in [-0.39, 0.29) is 12.2 Å². The molecule has 0 spiro atoms. The van der Waals surface area contributed by atoms with Gasteiger partial charge in [0.15, 0.2) is 4.80 Å². The summed E-state index contributed by atoms with van der Waals surface area (Å²) in [6, 6.07) is 7.27. The Balaban J connectivity index is 1.97. The first kappa shape index (κ1) is 23.6. The van der Waals surface area contributed by atoms with Gasteiger partial charge in [-0.15, -0.1) is 11.3 Å². The largest absolute Gasteiger partial charge is 0.495 e. The molecule has 166 valence electrons. The molecular formula is C22H18I2N2O4S2. The molecule has 3 heterocycles. The highest BCUT2D eigenvalue weighted by Crippen LogP contribution is 2.33. The Morgan fingerprint density at radius 1 is 1.34 bits per heavy atom. The molecule has 0 N–H and O–H groups in total. The molecule has 0 saturated carbocycles. The number of benzene rings is 1. The van der Waals surface area contributed by atoms with Gasteiger partial charge in [-0.25, -0.2) is 9.79 Å². The van der Waals surface area contributed by atoms with Crippen LogP contribution in [0.15, 0.2) is 50.7 Å². The van der Waals surface area contributed by atoms with Gasteiger partial charge < -0.3 is 9.47 Å². The number of rotatable bonds is 5. The van der Waals surface area contributed by atoms with Crippen LogP contribution in [0.2, 0.25) is 0 Å². The standard InChI is InChI=1S/C22H18I2N2O4S2/c1-4-30-21(28)17-11(2)25-22-26(18(17)15-6-5-7-31-15)20(27)16(32-22)9-12-8-13(23)10-14(24)19(12)29-3/h5-10,18H,4H2,1-3H3/b16-9-/t18-/m1/s1. The number of allylic oxidation sites excluding steroid dienone is 1. The molecule has 2 aromatic heterocycles. The maximum absolute atomic E-state index is 13.6. The third-order valence-corrected chi connectivity index (χ3v) is 8.19. The van der Waals surface area contributed by atoms with Crippen molar-refractivity contribution in [3.05, 3.63) is 78.2 Å². The van der Waals surface area contributed by atoms with Gasteiger partial charge in [0, 0.05) is 14.0 Å². The van der Waals surface area contributed by atoms with E-state index in [0.717, 1.165) is 23.3 Å². The summed E-state index contributed by atoms with van der Waals surface area (Å²) in [5, 5.41) is 1.93. The molecule has 3 aromatic rings. The van der Waals surface area contributed by atoms with Crippen LogP contribution in [0.1, 0.15) is 30.3 Å². The van der Waals surface area contributed by atoms with Crippen LogP contribution in [0.25, 0.3) is 6.08 Å². The zero-order valence-corrected chi connectivity index (χ0v) is 23.3. The second kappa shape index (κ2) is 9.77. The smallest absolute Gasteiger partial charge is 0.338 e. The third-order valence-electron chi connectivity index (χ3n) is 4.86. The molecule has 0 radical (unpaired) electrons. The zero-order valence-electron chi connectivity index (χ0n) is 17.3. The van der Waals surface area contributed by atoms with E-state index < -0.39 is 12.0 Å². The minimum Gasteiger partial charge on any atom is -0.495 e. The number of aromatic nitrogens is 1. The summed E-state index contributed by atoms with van der Waals surface area (Å²) < 4.78 is 15.0. The van der Waals surface area contributed by atoms with Gasteiger partial charge in [0.05, 0.1) is 33.1 Å². The molecule has 1 aromatic carbocycles. The van der Waals surface area contributed by atoms with Crippen LogP contribution in [0.4, 0.5) is 0 Å². The number of nitrogens with zero attached hydrogens (tertiary/aromatic N) is 2. The molecule has 0 saturated heterocycles. The van der Waals surface area contributed by atoms with Crippen molar-refractivity contribution in [1.82, 2.24) is 4.57 Å². The summed E-state index contributed by atoms with van der Waals surface area (Å²) in [5.74, 6) is 0.269. The van der Waals surface area contributed by atoms with Gasteiger partial charge in [0.25, 0.3) is 5.56 Å². The van der Waals surface area contributed by atoms with Crippen molar-refractivity contribution >= 4 is 79.9 Å². The summed E-state index contributed by atoms with van der Waals surface area (Å²) in [5.41, 5.74) is 1.59. The fraction of sp³-hybridized carbons (Fsp3) is 0.227. The molecule has 1 atom stereocenters. The molecule has 0 aliphatic carbocycles. The minimum atomic E-state index is -0.564. The predicted molar refractivity (Wildman–Crippen MR) is 143 cm³/mol. The zero-order chi connectivity index (χ0) is 23.0. The number of hydrogen-bond donors (Lipinski definition) is 0. The Bertz CT molecular complexity index is 1400. The first-order chi connectivity index (χ1) is 15.3. The second-order valence-electron chi connectivity index (χ2n) is 6.83. The molecule has 10 heteroatoms. The predicted octanol–water partition coefficient (Wildman–Crippen LogP) is 4.08. The topological polar surface area (TPSA) is 69.9 Å². The van der Waals surface area contributed by atoms with Crippen molar-refractivity contribution in [3.63, 3.8) is 0 Å². The molecule has 0 bridgehead atoms. The number of methoxy groups -OCH3 is 1. The van der Waals surface area contributed by atoms with Crippen molar-refractivity contribution < 1.29 is 14.3 Å². The van der Waals surface area contributed by atoms with Crippen molar-refractivity contribution in [2.24, 2.45) is 4.99 Å². The van der Waals surface area contributed by atoms with E-state index in [1.165, 1.54) is 22.7 Å². The van der Waals surface area contributed by atoms with E-state index in [9.17, 15) is 9.59 Å². The quantitative estimate of drug-likeness (QED) is 0.299. The van der Waals surface area contributed by atoms with E-state index in [2.05, 4.69) is 50.2 Å². The molecule has 0 fully saturated rings. The van der Waals surface area contributed by atoms with Crippen LogP contribution in [-0.4, -0.2) is 24.3 Å². The molecule has 4 rings (SSSR count). The lowest BCUT2D eigenvalue weighted by Crippen LogP contribution is -2.39. The number of carbonyl (C=O) groups is 1. The minimum absolute atomic E-state index is 0.197. The van der Waals surface area contributed by atoms with Gasteiger partial charge >= 0.3 is 5.97 Å². The number of fused-ring (bicyclic) bond motifs is 1. The first-order valence-electron chi connectivity index (χ1n) is 9.61. The highest BCUT2D eigenvalue weighted by molar-refractivity contribution is 14.1. The van der Waals surface area contributed by atoms with Gasteiger partial charge in [-0.05, 0) is 88.7 Å². The molecule has 1 aliphatic heterocycles. The third kappa shape index (κ3) is 4.33. The number of hydrogen-bond acceptors (Lipinski definition) is 7. The Morgan fingerprint density at radius 3 is 2.78 bits per heavy atom. The molecule has 32 heavy (non-hydrogen) atoms. The highest BCUT2D eigenvalue weighted by atomic mass is 127. The molecule has 6 nitrogen and oxygen atoms in total. The van der Waals surface area contributed by atoms with Crippen molar-refractivity contribution in [1.29, 1.82) is 0 Å². The number of thiazole rings is 1. The summed E-state index contributed by atoms with van der Waals surface area (Å²) in [7, 11) is 1.62. The number of thiophene rings is 1. The van der Waals surface area contributed by atoms with Gasteiger partial charge in [0.1, 0.15) is 11.8 Å². The van der Waals surface area contributed by atoms with Crippen LogP contribution >= 0.6 is 67.9 Å². The summed E-state index contributed by atoms with van der Waals surface area (Å²) >= 11 is 7.27. The Kier molecular flexibility index (Phi) is 7.22. The van der Waals surface area contributed by atoms with Gasteiger partial charge in [-0.2, -0.15) is 0 Å². The van der Waals surface area contributed by atoms with E-state index in [0.29, 0.717) is 20.6 Å². The van der Waals surface area contributed by atoms with Gasteiger partial charge in [-0.1, -0.05) is 17.4 Å². The monoisotopic (exact) mass is 692 g/mol. The van der Waals surface area contributed by atoms with Crippen molar-refractivity contribution in [2.75, 3.05) is 13.7 Å². The lowest BCUT2D eigenvalue weighted by atomic mass is 10.0. The van der Waals surface area contributed by atoms with E-state index in [1.54, 1.807) is 25.5 Å². The maximum atomic E-state index is 13.6. The van der Waals surface area contributed by atoms with Gasteiger partial charge in [0.2, 0.25) is 0 Å². The van der Waals surface area contributed by atoms with Crippen LogP contribution in [0.3, 0.4) is 0 Å². The number of ether oxygens (including phenoxy) is 2. The Morgan fingerprint density at radius 2 is 2.12 bits per heavy atom. The number of carbonyl (C=O) groups excluding carboxylic acids is 1. The summed E-state index contributed by atoms with van der Waals surface area (Å²) in [4.78, 5) is 32.5. The van der Waals surface area contributed by atoms with E-state index in [1.807, 2.05) is 35.7 Å². The fourth-order valence-corrected chi connectivity index (χ4v) is 7.52. The highest BCUT2D eigenvalue weighted by Gasteiger charge is 2.33. The lowest BCUT2D eigenvalue weighted by molar-refractivity contribution is -0.139. The second-order valence-corrected chi connectivity index (χ2v) is 11.2. The molecular weight excluding hydrogens is 674 g/mol. The summed E-state index contributed by atoms with van der Waals surface area (Å²) in [6.45, 7) is 3.80. The number of esters is 1. The maximum Gasteiger partial charge on any atom is 0.338 e. The number of halogens is 2. The van der Waals surface area contributed by atoms with Crippen LogP contribution in [0.5, 0.6) is 5.75 Å². The van der Waals surface area contributed by atoms with Crippen LogP contribution < -0.4 is 19.6 Å². The Hall–Kier alpha value is -1.51. The van der Waals surface area contributed by atoms with Crippen molar-refractivity contribution in [3.8, 4) is 5.75 Å². The average molecular weight is 692 g/mol. The van der Waals surface area contributed by atoms with Crippen LogP contribution in [-0.2, 0) is 9.53 Å². The lowest BCUT2D eigenvalue weighted by Gasteiger charge is -2.23. The molecule has 0 amide bonds. The summed E-state index contributed by atoms with van der Waals surface area (Å²) in [6.07, 6.45) is 1.84.